The van der Waals surface area contributed by atoms with Crippen LogP contribution in [0.25, 0.3) is 0 Å². The lowest BCUT2D eigenvalue weighted by molar-refractivity contribution is 0.0785. The van der Waals surface area contributed by atoms with Gasteiger partial charge >= 0.3 is 0 Å². The van der Waals surface area contributed by atoms with Crippen LogP contribution in [0.3, 0.4) is 0 Å². The molecule has 4 rings (SSSR count). The summed E-state index contributed by atoms with van der Waals surface area (Å²) in [5, 5.41) is 1.70. The zero-order valence-corrected chi connectivity index (χ0v) is 16.9. The fourth-order valence-corrected chi connectivity index (χ4v) is 3.66. The molecule has 3 aromatic rings. The molecule has 1 atom stereocenters. The summed E-state index contributed by atoms with van der Waals surface area (Å²) in [5.41, 5.74) is 2.28. The number of amides is 1. The normalized spacial score (nSPS) is 15.9. The molecule has 1 aliphatic heterocycles. The van der Waals surface area contributed by atoms with Crippen molar-refractivity contribution < 1.29 is 4.79 Å². The Hall–Kier alpha value is -2.46. The Morgan fingerprint density at radius 1 is 0.750 bits per heavy atom. The third kappa shape index (κ3) is 3.61. The molecule has 0 aliphatic carbocycles. The van der Waals surface area contributed by atoms with Crippen LogP contribution in [0, 0.1) is 0 Å². The zero-order valence-electron chi connectivity index (χ0n) is 14.6. The Morgan fingerprint density at radius 3 is 2.00 bits per heavy atom. The first kappa shape index (κ1) is 18.9. The smallest absolute Gasteiger partial charge is 0.261 e. The van der Waals surface area contributed by atoms with E-state index in [-0.39, 0.29) is 12.1 Å². The molecule has 0 aromatic heterocycles. The van der Waals surface area contributed by atoms with Crippen LogP contribution in [0.1, 0.15) is 22.1 Å². The van der Waals surface area contributed by atoms with Gasteiger partial charge in [0, 0.05) is 28.1 Å². The first-order valence-electron chi connectivity index (χ1n) is 8.59. The number of hydrogen-bond donors (Lipinski definition) is 0. The SMILES string of the molecule is O=C(c1ccccc1Cl)N1C=CN(c2ccc(Cl)cc2)[C@H]1c1ccc(Cl)cc1. The first-order chi connectivity index (χ1) is 13.5. The van der Waals surface area contributed by atoms with Crippen LogP contribution in [-0.2, 0) is 0 Å². The van der Waals surface area contributed by atoms with E-state index in [1.54, 1.807) is 35.4 Å². The molecule has 0 unspecified atom stereocenters. The van der Waals surface area contributed by atoms with Gasteiger partial charge in [0.25, 0.3) is 5.91 Å². The summed E-state index contributed by atoms with van der Waals surface area (Å²) in [4.78, 5) is 16.9. The number of benzene rings is 3. The highest BCUT2D eigenvalue weighted by molar-refractivity contribution is 6.34. The maximum atomic E-state index is 13.3. The van der Waals surface area contributed by atoms with Crippen molar-refractivity contribution in [2.75, 3.05) is 4.90 Å². The third-order valence-electron chi connectivity index (χ3n) is 4.55. The maximum absolute atomic E-state index is 13.3. The van der Waals surface area contributed by atoms with Gasteiger partial charge in [-0.3, -0.25) is 9.69 Å². The number of halogens is 3. The van der Waals surface area contributed by atoms with E-state index in [9.17, 15) is 4.79 Å². The van der Waals surface area contributed by atoms with E-state index in [1.165, 1.54) is 0 Å². The standard InChI is InChI=1S/C22H15Cl3N2O/c23-16-7-5-15(6-8-16)21-26(18-11-9-17(24)10-12-18)13-14-27(21)22(28)19-3-1-2-4-20(19)25/h1-14,21H/t21-/m1/s1. The largest absolute Gasteiger partial charge is 0.321 e. The van der Waals surface area contributed by atoms with Gasteiger partial charge in [-0.25, -0.2) is 0 Å². The van der Waals surface area contributed by atoms with Crippen molar-refractivity contribution in [1.29, 1.82) is 0 Å². The summed E-state index contributed by atoms with van der Waals surface area (Å²) in [5.74, 6) is -0.182. The Kier molecular flexibility index (Phi) is 5.31. The molecular formula is C22H15Cl3N2O. The van der Waals surface area contributed by atoms with Crippen LogP contribution in [0.2, 0.25) is 15.1 Å². The predicted molar refractivity (Wildman–Crippen MR) is 115 cm³/mol. The van der Waals surface area contributed by atoms with Gasteiger partial charge in [0.1, 0.15) is 6.17 Å². The van der Waals surface area contributed by atoms with Crippen LogP contribution in [0.15, 0.2) is 85.2 Å². The van der Waals surface area contributed by atoms with Crippen molar-refractivity contribution in [3.8, 4) is 0 Å². The fourth-order valence-electron chi connectivity index (χ4n) is 3.19. The Balaban J connectivity index is 1.76. The summed E-state index contributed by atoms with van der Waals surface area (Å²) >= 11 is 18.4. The monoisotopic (exact) mass is 428 g/mol. The number of carbonyl (C=O) groups excluding carboxylic acids is 1. The van der Waals surface area contributed by atoms with Gasteiger partial charge in [-0.2, -0.15) is 0 Å². The van der Waals surface area contributed by atoms with Gasteiger partial charge in [0.05, 0.1) is 10.6 Å². The first-order valence-corrected chi connectivity index (χ1v) is 9.73. The molecule has 0 N–H and O–H groups in total. The van der Waals surface area contributed by atoms with E-state index in [1.807, 2.05) is 59.6 Å². The van der Waals surface area contributed by atoms with Crippen LogP contribution in [0.5, 0.6) is 0 Å². The van der Waals surface area contributed by atoms with Crippen molar-refractivity contribution in [3.63, 3.8) is 0 Å². The summed E-state index contributed by atoms with van der Waals surface area (Å²) in [6.07, 6.45) is 3.26. The lowest BCUT2D eigenvalue weighted by atomic mass is 10.1. The highest BCUT2D eigenvalue weighted by Crippen LogP contribution is 2.37. The summed E-state index contributed by atoms with van der Waals surface area (Å²) < 4.78 is 0. The number of anilines is 1. The van der Waals surface area contributed by atoms with Crippen molar-refractivity contribution in [2.24, 2.45) is 0 Å². The Morgan fingerprint density at radius 2 is 1.36 bits per heavy atom. The molecule has 0 fully saturated rings. The third-order valence-corrected chi connectivity index (χ3v) is 5.38. The van der Waals surface area contributed by atoms with E-state index in [0.29, 0.717) is 20.6 Å². The molecule has 28 heavy (non-hydrogen) atoms. The number of carbonyl (C=O) groups is 1. The minimum Gasteiger partial charge on any atom is -0.321 e. The molecule has 1 heterocycles. The topological polar surface area (TPSA) is 23.6 Å². The minimum absolute atomic E-state index is 0.182. The van der Waals surface area contributed by atoms with Gasteiger partial charge < -0.3 is 4.90 Å². The number of rotatable bonds is 3. The van der Waals surface area contributed by atoms with Crippen LogP contribution < -0.4 is 4.90 Å². The van der Waals surface area contributed by atoms with Crippen LogP contribution >= 0.6 is 34.8 Å². The molecule has 0 radical (unpaired) electrons. The number of hydrogen-bond acceptors (Lipinski definition) is 2. The second-order valence-electron chi connectivity index (χ2n) is 6.30. The highest BCUT2D eigenvalue weighted by atomic mass is 35.5. The molecule has 0 spiro atoms. The quantitative estimate of drug-likeness (QED) is 0.458. The van der Waals surface area contributed by atoms with Gasteiger partial charge in [-0.15, -0.1) is 0 Å². The molecule has 0 saturated carbocycles. The average Bonchev–Trinajstić information content (AvgIpc) is 3.14. The Bertz CT molecular complexity index is 1030. The molecule has 3 nitrogen and oxygen atoms in total. The summed E-state index contributed by atoms with van der Waals surface area (Å²) in [7, 11) is 0. The average molecular weight is 430 g/mol. The van der Waals surface area contributed by atoms with Gasteiger partial charge in [0.2, 0.25) is 0 Å². The van der Waals surface area contributed by atoms with E-state index >= 15 is 0 Å². The van der Waals surface area contributed by atoms with Gasteiger partial charge in [0.15, 0.2) is 0 Å². The fraction of sp³-hybridized carbons (Fsp3) is 0.0455. The van der Waals surface area contributed by atoms with Gasteiger partial charge in [-0.1, -0.05) is 59.1 Å². The lowest BCUT2D eigenvalue weighted by Crippen LogP contribution is -2.35. The molecule has 0 saturated heterocycles. The molecule has 6 heteroatoms. The van der Waals surface area contributed by atoms with E-state index in [0.717, 1.165) is 11.3 Å². The van der Waals surface area contributed by atoms with Crippen molar-refractivity contribution in [1.82, 2.24) is 4.90 Å². The predicted octanol–water partition coefficient (Wildman–Crippen LogP) is 6.78. The maximum Gasteiger partial charge on any atom is 0.261 e. The van der Waals surface area contributed by atoms with E-state index in [2.05, 4.69) is 0 Å². The summed E-state index contributed by atoms with van der Waals surface area (Å²) in [6.45, 7) is 0. The summed E-state index contributed by atoms with van der Waals surface area (Å²) in [6, 6.07) is 22.0. The molecule has 1 amide bonds. The Labute approximate surface area is 178 Å². The van der Waals surface area contributed by atoms with Crippen molar-refractivity contribution >= 4 is 46.4 Å². The van der Waals surface area contributed by atoms with Gasteiger partial charge in [-0.05, 0) is 54.1 Å². The second kappa shape index (κ2) is 7.88. The second-order valence-corrected chi connectivity index (χ2v) is 7.58. The molecule has 3 aromatic carbocycles. The highest BCUT2D eigenvalue weighted by Gasteiger charge is 2.34. The lowest BCUT2D eigenvalue weighted by Gasteiger charge is -2.32. The van der Waals surface area contributed by atoms with Crippen LogP contribution in [-0.4, -0.2) is 10.8 Å². The minimum atomic E-state index is -0.373. The van der Waals surface area contributed by atoms with E-state index in [4.69, 9.17) is 34.8 Å². The van der Waals surface area contributed by atoms with Crippen molar-refractivity contribution in [2.45, 2.75) is 6.17 Å². The van der Waals surface area contributed by atoms with Crippen LogP contribution in [0.4, 0.5) is 5.69 Å². The molecule has 1 aliphatic rings. The molecule has 140 valence electrons. The van der Waals surface area contributed by atoms with Crippen molar-refractivity contribution in [3.05, 3.63) is 111 Å². The molecular weight excluding hydrogens is 415 g/mol. The number of nitrogens with zero attached hydrogens (tertiary/aromatic N) is 2. The zero-order chi connectivity index (χ0) is 19.7. The van der Waals surface area contributed by atoms with E-state index < -0.39 is 0 Å². The molecule has 0 bridgehead atoms.